The van der Waals surface area contributed by atoms with E-state index in [2.05, 4.69) is 51.2 Å². The Morgan fingerprint density at radius 3 is 2.50 bits per heavy atom. The van der Waals surface area contributed by atoms with Crippen LogP contribution in [0.3, 0.4) is 0 Å². The molecule has 1 fully saturated rings. The maximum atomic E-state index is 3.30. The van der Waals surface area contributed by atoms with Crippen molar-refractivity contribution in [1.82, 2.24) is 9.03 Å². The molecule has 0 radical (unpaired) electrons. The largest absolute Gasteiger partial charge is 0.369 e. The van der Waals surface area contributed by atoms with Gasteiger partial charge >= 0.3 is 0 Å². The zero-order valence-electron chi connectivity index (χ0n) is 12.3. The molecule has 0 atom stereocenters. The van der Waals surface area contributed by atoms with Crippen molar-refractivity contribution in [3.8, 4) is 0 Å². The summed E-state index contributed by atoms with van der Waals surface area (Å²) in [5.41, 5.74) is 1.36. The highest BCUT2D eigenvalue weighted by atomic mass is 32.2. The van der Waals surface area contributed by atoms with E-state index in [0.29, 0.717) is 0 Å². The summed E-state index contributed by atoms with van der Waals surface area (Å²) >= 11 is 3.87. The van der Waals surface area contributed by atoms with Crippen molar-refractivity contribution in [3.05, 3.63) is 30.3 Å². The molecule has 0 amide bonds. The van der Waals surface area contributed by atoms with Crippen molar-refractivity contribution in [3.63, 3.8) is 0 Å². The maximum absolute atomic E-state index is 3.30. The van der Waals surface area contributed by atoms with E-state index in [1.165, 1.54) is 36.7 Å². The van der Waals surface area contributed by atoms with E-state index < -0.39 is 0 Å². The van der Waals surface area contributed by atoms with Crippen LogP contribution in [0.2, 0.25) is 0 Å². The van der Waals surface area contributed by atoms with Gasteiger partial charge < -0.3 is 4.90 Å². The van der Waals surface area contributed by atoms with Crippen molar-refractivity contribution >= 4 is 29.6 Å². The number of anilines is 1. The molecule has 0 saturated carbocycles. The molecule has 1 aliphatic heterocycles. The zero-order valence-corrected chi connectivity index (χ0v) is 13.9. The molecule has 0 bridgehead atoms. The van der Waals surface area contributed by atoms with Gasteiger partial charge in [-0.3, -0.25) is 4.72 Å². The van der Waals surface area contributed by atoms with Crippen LogP contribution in [-0.4, -0.2) is 48.5 Å². The molecule has 2 rings (SSSR count). The highest BCUT2D eigenvalue weighted by molar-refractivity contribution is 7.98. The first-order chi connectivity index (χ1) is 9.90. The third-order valence-electron chi connectivity index (χ3n) is 3.27. The molecule has 0 unspecified atom stereocenters. The predicted molar refractivity (Wildman–Crippen MR) is 93.4 cm³/mol. The number of nitrogens with one attached hydrogen (secondary N) is 1. The number of piperazine rings is 1. The van der Waals surface area contributed by atoms with Crippen LogP contribution in [0.1, 0.15) is 13.3 Å². The molecule has 1 heterocycles. The lowest BCUT2D eigenvalue weighted by Crippen LogP contribution is -2.43. The number of hydrogen-bond donors (Lipinski definition) is 1. The SMILES string of the molecule is CCNSCCCSN1CCN(c2ccccc2)CC1. The third-order valence-corrected chi connectivity index (χ3v) is 5.46. The molecule has 0 spiro atoms. The molecule has 0 aromatic heterocycles. The lowest BCUT2D eigenvalue weighted by molar-refractivity contribution is 0.429. The quantitative estimate of drug-likeness (QED) is 0.585. The first kappa shape index (κ1) is 16.0. The van der Waals surface area contributed by atoms with Gasteiger partial charge in [-0.1, -0.05) is 49.0 Å². The lowest BCUT2D eigenvalue weighted by atomic mass is 10.2. The maximum Gasteiger partial charge on any atom is 0.0367 e. The van der Waals surface area contributed by atoms with Crippen LogP contribution in [-0.2, 0) is 0 Å². The number of benzene rings is 1. The van der Waals surface area contributed by atoms with Crippen molar-refractivity contribution in [2.45, 2.75) is 13.3 Å². The van der Waals surface area contributed by atoms with Crippen LogP contribution >= 0.6 is 23.9 Å². The standard InChI is InChI=1S/C15H25N3S2/c1-2-16-19-13-6-14-20-18-11-9-17(10-12-18)15-7-4-3-5-8-15/h3-5,7-8,16H,2,6,9-14H2,1H3. The molecule has 1 aliphatic rings. The zero-order chi connectivity index (χ0) is 14.0. The number of para-hydroxylation sites is 1. The van der Waals surface area contributed by atoms with E-state index in [1.54, 1.807) is 0 Å². The van der Waals surface area contributed by atoms with Gasteiger partial charge in [0, 0.05) is 49.9 Å². The fraction of sp³-hybridized carbons (Fsp3) is 0.600. The Kier molecular flexibility index (Phi) is 7.65. The summed E-state index contributed by atoms with van der Waals surface area (Å²) in [7, 11) is 0. The smallest absolute Gasteiger partial charge is 0.0367 e. The molecule has 0 aliphatic carbocycles. The number of hydrogen-bond acceptors (Lipinski definition) is 5. The Labute approximate surface area is 131 Å². The summed E-state index contributed by atoms with van der Waals surface area (Å²) in [6, 6.07) is 10.7. The summed E-state index contributed by atoms with van der Waals surface area (Å²) in [5, 5.41) is 0. The van der Waals surface area contributed by atoms with Gasteiger partial charge in [-0.2, -0.15) is 0 Å². The first-order valence-corrected chi connectivity index (χ1v) is 9.35. The van der Waals surface area contributed by atoms with Crippen LogP contribution in [0.25, 0.3) is 0 Å². The second kappa shape index (κ2) is 9.55. The van der Waals surface area contributed by atoms with Gasteiger partial charge in [0.15, 0.2) is 0 Å². The lowest BCUT2D eigenvalue weighted by Gasteiger charge is -2.35. The molecular formula is C15H25N3S2. The monoisotopic (exact) mass is 311 g/mol. The van der Waals surface area contributed by atoms with Crippen molar-refractivity contribution < 1.29 is 0 Å². The average molecular weight is 312 g/mol. The minimum atomic E-state index is 1.05. The fourth-order valence-corrected chi connectivity index (χ4v) is 3.99. The molecule has 1 saturated heterocycles. The molecule has 112 valence electrons. The third kappa shape index (κ3) is 5.56. The van der Waals surface area contributed by atoms with E-state index in [4.69, 9.17) is 0 Å². The molecule has 5 heteroatoms. The normalized spacial score (nSPS) is 16.6. The van der Waals surface area contributed by atoms with E-state index in [9.17, 15) is 0 Å². The molecule has 1 aromatic carbocycles. The predicted octanol–water partition coefficient (Wildman–Crippen LogP) is 3.10. The highest BCUT2D eigenvalue weighted by Crippen LogP contribution is 2.20. The van der Waals surface area contributed by atoms with Crippen LogP contribution in [0.15, 0.2) is 30.3 Å². The van der Waals surface area contributed by atoms with Crippen LogP contribution in [0.5, 0.6) is 0 Å². The van der Waals surface area contributed by atoms with Crippen LogP contribution in [0.4, 0.5) is 5.69 Å². The van der Waals surface area contributed by atoms with Gasteiger partial charge in [0.1, 0.15) is 0 Å². The summed E-state index contributed by atoms with van der Waals surface area (Å²) in [6.07, 6.45) is 1.28. The Bertz CT molecular complexity index is 353. The molecular weight excluding hydrogens is 286 g/mol. The minimum absolute atomic E-state index is 1.05. The van der Waals surface area contributed by atoms with E-state index >= 15 is 0 Å². The number of rotatable bonds is 8. The summed E-state index contributed by atoms with van der Waals surface area (Å²) in [6.45, 7) is 7.82. The Morgan fingerprint density at radius 2 is 1.80 bits per heavy atom. The molecule has 20 heavy (non-hydrogen) atoms. The van der Waals surface area contributed by atoms with E-state index in [1.807, 2.05) is 23.9 Å². The second-order valence-corrected chi connectivity index (χ2v) is 6.95. The first-order valence-electron chi connectivity index (χ1n) is 7.42. The molecule has 1 N–H and O–H groups in total. The highest BCUT2D eigenvalue weighted by Gasteiger charge is 2.16. The molecule has 3 nitrogen and oxygen atoms in total. The Morgan fingerprint density at radius 1 is 1.05 bits per heavy atom. The van der Waals surface area contributed by atoms with E-state index in [-0.39, 0.29) is 0 Å². The number of nitrogens with zero attached hydrogens (tertiary/aromatic N) is 2. The van der Waals surface area contributed by atoms with Gasteiger partial charge in [-0.25, -0.2) is 4.31 Å². The Balaban J connectivity index is 1.58. The summed E-state index contributed by atoms with van der Waals surface area (Å²) in [4.78, 5) is 2.48. The molecule has 1 aromatic rings. The Hall–Kier alpha value is -0.360. The van der Waals surface area contributed by atoms with Crippen molar-refractivity contribution in [2.24, 2.45) is 0 Å². The summed E-state index contributed by atoms with van der Waals surface area (Å²) < 4.78 is 5.82. The van der Waals surface area contributed by atoms with Gasteiger partial charge in [0.2, 0.25) is 0 Å². The fourth-order valence-electron chi connectivity index (χ4n) is 2.21. The van der Waals surface area contributed by atoms with Gasteiger partial charge in [-0.05, 0) is 18.6 Å². The van der Waals surface area contributed by atoms with Gasteiger partial charge in [-0.15, -0.1) is 0 Å². The second-order valence-electron chi connectivity index (χ2n) is 4.78. The van der Waals surface area contributed by atoms with Crippen LogP contribution < -0.4 is 9.62 Å². The van der Waals surface area contributed by atoms with Crippen molar-refractivity contribution in [2.75, 3.05) is 49.1 Å². The average Bonchev–Trinajstić information content (AvgIpc) is 2.52. The van der Waals surface area contributed by atoms with Crippen molar-refractivity contribution in [1.29, 1.82) is 0 Å². The van der Waals surface area contributed by atoms with Gasteiger partial charge in [0.25, 0.3) is 0 Å². The topological polar surface area (TPSA) is 18.5 Å². The summed E-state index contributed by atoms with van der Waals surface area (Å²) in [5.74, 6) is 2.45. The van der Waals surface area contributed by atoms with Gasteiger partial charge in [0.05, 0.1) is 0 Å². The van der Waals surface area contributed by atoms with Crippen LogP contribution in [0, 0.1) is 0 Å². The minimum Gasteiger partial charge on any atom is -0.369 e. The van der Waals surface area contributed by atoms with E-state index in [0.717, 1.165) is 19.6 Å².